The number of phosphoric ester groups is 1. The highest BCUT2D eigenvalue weighted by Crippen LogP contribution is 2.55. The van der Waals surface area contributed by atoms with E-state index in [0.717, 1.165) is 43.8 Å². The molecule has 0 bridgehead atoms. The summed E-state index contributed by atoms with van der Waals surface area (Å²) < 4.78 is 98.2. The van der Waals surface area contributed by atoms with Crippen LogP contribution in [0.1, 0.15) is 54.2 Å². The molecule has 0 spiro atoms. The van der Waals surface area contributed by atoms with Crippen molar-refractivity contribution in [1.82, 2.24) is 0 Å². The highest BCUT2D eigenvalue weighted by Gasteiger charge is 2.61. The van der Waals surface area contributed by atoms with Crippen molar-refractivity contribution in [1.29, 1.82) is 0 Å². The standard InChI is InChI=1S/C68H75O13PSi/c1-68(2,3)83(60-40-24-10-25-41-60,61-42-26-11-27-43-61)81-67-64(76-52-72-46-56-32-16-6-17-33-56)62(74-50-70-44-54-28-12-4-13-29-54)63(75-51-71-45-55-30-14-5-15-31-55)66(65(67)77-53-73-47-57-34-18-7-19-35-57)80-82(69,78-48-58-36-20-8-21-37-58)79-49-59-38-22-9-23-39-59/h4-43,62-67H,44-53H2,1-3H3/t62-,63-,64-,65-,66+,67-/m1/s1. The lowest BCUT2D eigenvalue weighted by Crippen LogP contribution is -2.74. The fraction of sp³-hybridized carbons (Fsp3) is 0.294. The number of hydrogen-bond donors (Lipinski definition) is 0. The fourth-order valence-electron chi connectivity index (χ4n) is 10.2. The van der Waals surface area contributed by atoms with Crippen LogP contribution in [0.3, 0.4) is 0 Å². The summed E-state index contributed by atoms with van der Waals surface area (Å²) in [6.07, 6.45) is -7.28. The summed E-state index contributed by atoms with van der Waals surface area (Å²) in [6, 6.07) is 78.7. The molecule has 1 saturated carbocycles. The largest absolute Gasteiger partial charge is 0.475 e. The van der Waals surface area contributed by atoms with Gasteiger partial charge in [0, 0.05) is 0 Å². The van der Waals surface area contributed by atoms with Crippen molar-refractivity contribution in [3.8, 4) is 0 Å². The molecule has 0 N–H and O–H groups in total. The van der Waals surface area contributed by atoms with E-state index in [4.69, 9.17) is 55.9 Å². The summed E-state index contributed by atoms with van der Waals surface area (Å²) in [5.74, 6) is 0. The fourth-order valence-corrected chi connectivity index (χ4v) is 16.2. The van der Waals surface area contributed by atoms with Crippen LogP contribution in [0.4, 0.5) is 0 Å². The van der Waals surface area contributed by atoms with E-state index in [-0.39, 0.29) is 66.8 Å². The van der Waals surface area contributed by atoms with Crippen molar-refractivity contribution in [2.75, 3.05) is 27.2 Å². The minimum absolute atomic E-state index is 0.128. The second-order valence-corrected chi connectivity index (χ2v) is 27.0. The molecule has 0 aromatic heterocycles. The van der Waals surface area contributed by atoms with Crippen LogP contribution >= 0.6 is 7.82 Å². The molecule has 6 atom stereocenters. The quantitative estimate of drug-likeness (QED) is 0.0172. The third kappa shape index (κ3) is 17.6. The predicted molar refractivity (Wildman–Crippen MR) is 321 cm³/mol. The van der Waals surface area contributed by atoms with Crippen LogP contribution in [0, 0.1) is 0 Å². The first kappa shape index (κ1) is 61.3. The van der Waals surface area contributed by atoms with E-state index in [1.165, 1.54) is 0 Å². The Morgan fingerprint density at radius 1 is 0.325 bits per heavy atom. The average molecular weight is 1160 g/mol. The third-order valence-electron chi connectivity index (χ3n) is 14.2. The zero-order chi connectivity index (χ0) is 57.4. The van der Waals surface area contributed by atoms with Gasteiger partial charge in [0.05, 0.1) is 39.6 Å². The molecule has 13 nitrogen and oxygen atoms in total. The van der Waals surface area contributed by atoms with Crippen LogP contribution in [0.25, 0.3) is 0 Å². The van der Waals surface area contributed by atoms with Crippen molar-refractivity contribution in [2.45, 2.75) is 102 Å². The van der Waals surface area contributed by atoms with Gasteiger partial charge in [-0.25, -0.2) is 4.57 Å². The second-order valence-electron chi connectivity index (χ2n) is 21.1. The van der Waals surface area contributed by atoms with E-state index in [9.17, 15) is 0 Å². The summed E-state index contributed by atoms with van der Waals surface area (Å²) in [5, 5.41) is 1.39. The summed E-state index contributed by atoms with van der Waals surface area (Å²) >= 11 is 0. The lowest BCUT2D eigenvalue weighted by Gasteiger charge is -2.53. The molecule has 15 heteroatoms. The van der Waals surface area contributed by atoms with Gasteiger partial charge in [-0.15, -0.1) is 0 Å². The zero-order valence-electron chi connectivity index (χ0n) is 47.4. The van der Waals surface area contributed by atoms with Crippen LogP contribution in [0.2, 0.25) is 5.04 Å². The Kier molecular flexibility index (Phi) is 23.3. The molecule has 1 fully saturated rings. The molecule has 0 unspecified atom stereocenters. The first-order valence-electron chi connectivity index (χ1n) is 28.0. The molecular formula is C68H75O13PSi. The van der Waals surface area contributed by atoms with Crippen LogP contribution in [0.15, 0.2) is 243 Å². The Morgan fingerprint density at radius 3 is 0.855 bits per heavy atom. The highest BCUT2D eigenvalue weighted by atomic mass is 31.2. The number of phosphoric acid groups is 1. The average Bonchev–Trinajstić information content (AvgIpc) is 2.89. The van der Waals surface area contributed by atoms with Crippen molar-refractivity contribution in [3.05, 3.63) is 276 Å². The van der Waals surface area contributed by atoms with E-state index >= 15 is 4.57 Å². The van der Waals surface area contributed by atoms with Gasteiger partial charge in [-0.2, -0.15) is 0 Å². The van der Waals surface area contributed by atoms with Gasteiger partial charge in [-0.1, -0.05) is 263 Å². The Hall–Kier alpha value is -6.27. The topological polar surface area (TPSA) is 128 Å². The first-order valence-corrected chi connectivity index (χ1v) is 31.4. The van der Waals surface area contributed by atoms with Crippen LogP contribution in [-0.4, -0.2) is 72.1 Å². The maximum atomic E-state index is 16.1. The Morgan fingerprint density at radius 2 is 0.566 bits per heavy atom. The molecule has 434 valence electrons. The molecule has 8 aromatic rings. The van der Waals surface area contributed by atoms with Crippen LogP contribution < -0.4 is 10.4 Å². The SMILES string of the molecule is CC(C)(C)[Si](O[C@@H]1[C@H](OCOCc2ccccc2)[C@H](OCOCc2ccccc2)[C@@H](OCOCc2ccccc2)[C@H](OP(=O)(OCc2ccccc2)OCc2ccccc2)[C@H]1OCOCc1ccccc1)(c1ccccc1)c1ccccc1. The monoisotopic (exact) mass is 1160 g/mol. The molecule has 83 heavy (non-hydrogen) atoms. The van der Waals surface area contributed by atoms with Gasteiger partial charge in [0.2, 0.25) is 0 Å². The lowest BCUT2D eigenvalue weighted by molar-refractivity contribution is -0.301. The van der Waals surface area contributed by atoms with Crippen molar-refractivity contribution < 1.29 is 60.5 Å². The van der Waals surface area contributed by atoms with Crippen LogP contribution in [-0.2, 0) is 100 Å². The van der Waals surface area contributed by atoms with Crippen LogP contribution in [0.5, 0.6) is 0 Å². The molecule has 8 aromatic carbocycles. The van der Waals surface area contributed by atoms with E-state index < -0.39 is 57.8 Å². The van der Waals surface area contributed by atoms with Gasteiger partial charge in [-0.05, 0) is 48.8 Å². The Balaban J connectivity index is 1.21. The minimum Gasteiger partial charge on any atom is -0.399 e. The lowest BCUT2D eigenvalue weighted by atomic mass is 9.84. The van der Waals surface area contributed by atoms with Gasteiger partial charge >= 0.3 is 7.82 Å². The van der Waals surface area contributed by atoms with E-state index in [2.05, 4.69) is 45.0 Å². The van der Waals surface area contributed by atoms with E-state index in [1.807, 2.05) is 218 Å². The van der Waals surface area contributed by atoms with Gasteiger partial charge < -0.3 is 42.3 Å². The highest BCUT2D eigenvalue weighted by molar-refractivity contribution is 7.48. The molecular weight excluding hydrogens is 1080 g/mol. The summed E-state index contributed by atoms with van der Waals surface area (Å²) in [4.78, 5) is 0. The maximum absolute atomic E-state index is 16.1. The van der Waals surface area contributed by atoms with Gasteiger partial charge in [-0.3, -0.25) is 13.6 Å². The molecule has 0 radical (unpaired) electrons. The Labute approximate surface area is 490 Å². The zero-order valence-corrected chi connectivity index (χ0v) is 49.3. The number of benzene rings is 8. The van der Waals surface area contributed by atoms with Gasteiger partial charge in [0.25, 0.3) is 8.32 Å². The second kappa shape index (κ2) is 31.6. The van der Waals surface area contributed by atoms with Crippen molar-refractivity contribution in [3.63, 3.8) is 0 Å². The first-order chi connectivity index (χ1) is 40.7. The van der Waals surface area contributed by atoms with E-state index in [0.29, 0.717) is 0 Å². The number of hydrogen-bond acceptors (Lipinski definition) is 13. The summed E-state index contributed by atoms with van der Waals surface area (Å²) in [6.45, 7) is 6.20. The maximum Gasteiger partial charge on any atom is 0.475 e. The minimum atomic E-state index is -4.71. The van der Waals surface area contributed by atoms with Crippen molar-refractivity contribution >= 4 is 26.5 Å². The van der Waals surface area contributed by atoms with Gasteiger partial charge in [0.15, 0.2) is 0 Å². The number of rotatable bonds is 32. The van der Waals surface area contributed by atoms with Gasteiger partial charge in [0.1, 0.15) is 63.8 Å². The molecule has 0 aliphatic heterocycles. The predicted octanol–water partition coefficient (Wildman–Crippen LogP) is 13.1. The Bertz CT molecular complexity index is 3010. The normalized spacial score (nSPS) is 18.4. The summed E-state index contributed by atoms with van der Waals surface area (Å²) in [7, 11) is -8.32. The smallest absolute Gasteiger partial charge is 0.399 e. The molecule has 9 rings (SSSR count). The van der Waals surface area contributed by atoms with Crippen molar-refractivity contribution in [2.24, 2.45) is 0 Å². The molecule has 1 aliphatic carbocycles. The molecule has 0 heterocycles. The molecule has 1 aliphatic rings. The third-order valence-corrected chi connectivity index (χ3v) is 20.6. The molecule has 0 amide bonds. The molecule has 0 saturated heterocycles. The van der Waals surface area contributed by atoms with E-state index in [1.54, 1.807) is 0 Å². The number of ether oxygens (including phenoxy) is 8. The summed E-state index contributed by atoms with van der Waals surface area (Å²) in [5.41, 5.74) is 5.22.